The summed E-state index contributed by atoms with van der Waals surface area (Å²) < 4.78 is 5.88. The van der Waals surface area contributed by atoms with Gasteiger partial charge in [-0.25, -0.2) is 0 Å². The van der Waals surface area contributed by atoms with E-state index in [4.69, 9.17) is 4.74 Å². The monoisotopic (exact) mass is 284 g/mol. The van der Waals surface area contributed by atoms with Crippen molar-refractivity contribution < 1.29 is 14.6 Å². The van der Waals surface area contributed by atoms with Gasteiger partial charge >= 0.3 is 0 Å². The number of hydrogen-bond acceptors (Lipinski definition) is 4. The second-order valence-electron chi connectivity index (χ2n) is 6.68. The van der Waals surface area contributed by atoms with Crippen molar-refractivity contribution >= 4 is 5.91 Å². The molecule has 4 unspecified atom stereocenters. The van der Waals surface area contributed by atoms with Crippen LogP contribution in [0.3, 0.4) is 0 Å². The number of carbonyl (C=O) groups excluding carboxylic acids is 1. The molecule has 2 fully saturated rings. The largest absolute Gasteiger partial charge is 0.392 e. The smallest absolute Gasteiger partial charge is 0.237 e. The first-order valence-corrected chi connectivity index (χ1v) is 7.78. The van der Waals surface area contributed by atoms with Crippen LogP contribution in [-0.4, -0.2) is 48.5 Å². The highest BCUT2D eigenvalue weighted by Gasteiger charge is 2.50. The maximum absolute atomic E-state index is 12.1. The van der Waals surface area contributed by atoms with E-state index in [1.807, 2.05) is 0 Å². The van der Waals surface area contributed by atoms with Crippen LogP contribution in [0.2, 0.25) is 0 Å². The number of ether oxygens (including phenoxy) is 1. The van der Waals surface area contributed by atoms with Crippen LogP contribution in [0.4, 0.5) is 0 Å². The van der Waals surface area contributed by atoms with Crippen molar-refractivity contribution in [3.63, 3.8) is 0 Å². The predicted molar refractivity (Wildman–Crippen MR) is 77.4 cm³/mol. The average Bonchev–Trinajstić information content (AvgIpc) is 2.83. The van der Waals surface area contributed by atoms with Crippen molar-refractivity contribution in [2.45, 2.75) is 70.7 Å². The summed E-state index contributed by atoms with van der Waals surface area (Å²) in [4.78, 5) is 12.1. The van der Waals surface area contributed by atoms with E-state index in [-0.39, 0.29) is 29.5 Å². The molecule has 1 aliphatic heterocycles. The second-order valence-corrected chi connectivity index (χ2v) is 6.68. The minimum atomic E-state index is -0.398. The molecule has 0 aromatic carbocycles. The van der Waals surface area contributed by atoms with Gasteiger partial charge in [-0.3, -0.25) is 4.79 Å². The SMILES string of the molecule is CCCCOC1CC(NC(=O)C2CC(O)CN2)C1(C)C. The number of unbranched alkanes of at least 4 members (excludes halogenated alkanes) is 1. The minimum absolute atomic E-state index is 0.00614. The Hall–Kier alpha value is -0.650. The van der Waals surface area contributed by atoms with Gasteiger partial charge in [0, 0.05) is 24.6 Å². The molecule has 0 aromatic heterocycles. The Balaban J connectivity index is 1.76. The lowest BCUT2D eigenvalue weighted by atomic mass is 9.64. The van der Waals surface area contributed by atoms with Crippen LogP contribution in [0.5, 0.6) is 0 Å². The third-order valence-electron chi connectivity index (χ3n) is 4.74. The Labute approximate surface area is 121 Å². The highest BCUT2D eigenvalue weighted by Crippen LogP contribution is 2.42. The van der Waals surface area contributed by atoms with Crippen LogP contribution in [0.25, 0.3) is 0 Å². The van der Waals surface area contributed by atoms with E-state index in [1.54, 1.807) is 0 Å². The summed E-state index contributed by atoms with van der Waals surface area (Å²) in [6.07, 6.45) is 3.47. The summed E-state index contributed by atoms with van der Waals surface area (Å²) >= 11 is 0. The van der Waals surface area contributed by atoms with Gasteiger partial charge in [-0.15, -0.1) is 0 Å². The van der Waals surface area contributed by atoms with Crippen molar-refractivity contribution in [1.82, 2.24) is 10.6 Å². The van der Waals surface area contributed by atoms with Crippen LogP contribution in [-0.2, 0) is 9.53 Å². The number of carbonyl (C=O) groups is 1. The van der Waals surface area contributed by atoms with Gasteiger partial charge in [-0.2, -0.15) is 0 Å². The molecule has 0 bridgehead atoms. The zero-order valence-corrected chi connectivity index (χ0v) is 12.8. The van der Waals surface area contributed by atoms with Crippen molar-refractivity contribution in [3.05, 3.63) is 0 Å². The fourth-order valence-corrected chi connectivity index (χ4v) is 2.97. The summed E-state index contributed by atoms with van der Waals surface area (Å²) in [5, 5.41) is 15.6. The van der Waals surface area contributed by atoms with Crippen molar-refractivity contribution in [2.24, 2.45) is 5.41 Å². The molecule has 2 rings (SSSR count). The van der Waals surface area contributed by atoms with Gasteiger partial charge in [0.15, 0.2) is 0 Å². The van der Waals surface area contributed by atoms with Crippen molar-refractivity contribution in [2.75, 3.05) is 13.2 Å². The molecule has 1 heterocycles. The highest BCUT2D eigenvalue weighted by molar-refractivity contribution is 5.82. The third kappa shape index (κ3) is 3.32. The lowest BCUT2D eigenvalue weighted by Gasteiger charge is -2.51. The molecule has 0 radical (unpaired) electrons. The number of aliphatic hydroxyl groups is 1. The Bertz CT molecular complexity index is 346. The van der Waals surface area contributed by atoms with Crippen LogP contribution in [0, 0.1) is 5.41 Å². The Kier molecular flexibility index (Phi) is 5.04. The van der Waals surface area contributed by atoms with E-state index in [9.17, 15) is 9.90 Å². The molecule has 5 heteroatoms. The molecule has 20 heavy (non-hydrogen) atoms. The summed E-state index contributed by atoms with van der Waals surface area (Å²) in [7, 11) is 0. The minimum Gasteiger partial charge on any atom is -0.392 e. The molecule has 5 nitrogen and oxygen atoms in total. The zero-order valence-electron chi connectivity index (χ0n) is 12.8. The summed E-state index contributed by atoms with van der Waals surface area (Å²) in [6, 6.07) is -0.0815. The second kappa shape index (κ2) is 6.41. The number of rotatable bonds is 6. The molecule has 4 atom stereocenters. The van der Waals surface area contributed by atoms with E-state index in [1.165, 1.54) is 0 Å². The fraction of sp³-hybridized carbons (Fsp3) is 0.933. The van der Waals surface area contributed by atoms with E-state index in [0.717, 1.165) is 25.9 Å². The van der Waals surface area contributed by atoms with Crippen LogP contribution in [0.1, 0.15) is 46.5 Å². The topological polar surface area (TPSA) is 70.6 Å². The number of β-amino-alcohol motifs (C(OH)–C–C–N with tert-alkyl or cyclic N) is 1. The maximum atomic E-state index is 12.1. The molecule has 0 spiro atoms. The number of aliphatic hydroxyl groups excluding tert-OH is 1. The molecule has 1 saturated heterocycles. The van der Waals surface area contributed by atoms with Gasteiger partial charge in [-0.1, -0.05) is 27.2 Å². The molecule has 2 aliphatic rings. The van der Waals surface area contributed by atoms with Gasteiger partial charge in [0.2, 0.25) is 5.91 Å². The standard InChI is InChI=1S/C15H28N2O3/c1-4-5-6-20-13-8-12(15(13,2)3)17-14(19)11-7-10(18)9-16-11/h10-13,16,18H,4-9H2,1-3H3,(H,17,19). The lowest BCUT2D eigenvalue weighted by Crippen LogP contribution is -2.63. The van der Waals surface area contributed by atoms with Gasteiger partial charge in [0.25, 0.3) is 0 Å². The Morgan fingerprint density at radius 2 is 2.20 bits per heavy atom. The van der Waals surface area contributed by atoms with E-state index >= 15 is 0 Å². The van der Waals surface area contributed by atoms with Gasteiger partial charge < -0.3 is 20.5 Å². The summed E-state index contributed by atoms with van der Waals surface area (Å²) in [5.41, 5.74) is -0.0133. The first kappa shape index (κ1) is 15.7. The van der Waals surface area contributed by atoms with Crippen molar-refractivity contribution in [1.29, 1.82) is 0 Å². The highest BCUT2D eigenvalue weighted by atomic mass is 16.5. The normalized spacial score (nSPS) is 35.6. The third-order valence-corrected chi connectivity index (χ3v) is 4.74. The molecular formula is C15H28N2O3. The van der Waals surface area contributed by atoms with E-state index in [0.29, 0.717) is 13.0 Å². The number of nitrogens with one attached hydrogen (secondary N) is 2. The Morgan fingerprint density at radius 1 is 1.45 bits per heavy atom. The van der Waals surface area contributed by atoms with Gasteiger partial charge in [0.1, 0.15) is 0 Å². The number of amides is 1. The zero-order chi connectivity index (χ0) is 14.8. The Morgan fingerprint density at radius 3 is 2.75 bits per heavy atom. The molecular weight excluding hydrogens is 256 g/mol. The van der Waals surface area contributed by atoms with E-state index < -0.39 is 6.10 Å². The summed E-state index contributed by atoms with van der Waals surface area (Å²) in [6.45, 7) is 7.77. The molecule has 1 saturated carbocycles. The van der Waals surface area contributed by atoms with Crippen molar-refractivity contribution in [3.8, 4) is 0 Å². The lowest BCUT2D eigenvalue weighted by molar-refractivity contribution is -0.139. The van der Waals surface area contributed by atoms with Crippen LogP contribution < -0.4 is 10.6 Å². The van der Waals surface area contributed by atoms with Crippen LogP contribution in [0.15, 0.2) is 0 Å². The first-order valence-electron chi connectivity index (χ1n) is 7.78. The quantitative estimate of drug-likeness (QED) is 0.631. The van der Waals surface area contributed by atoms with E-state index in [2.05, 4.69) is 31.4 Å². The predicted octanol–water partition coefficient (Wildman–Crippen LogP) is 0.809. The maximum Gasteiger partial charge on any atom is 0.237 e. The number of hydrogen-bond donors (Lipinski definition) is 3. The summed E-state index contributed by atoms with van der Waals surface area (Å²) in [5.74, 6) is 0.00614. The average molecular weight is 284 g/mol. The fourth-order valence-electron chi connectivity index (χ4n) is 2.97. The molecule has 3 N–H and O–H groups in total. The van der Waals surface area contributed by atoms with Crippen LogP contribution >= 0.6 is 0 Å². The van der Waals surface area contributed by atoms with Gasteiger partial charge in [-0.05, 0) is 19.3 Å². The molecule has 116 valence electrons. The molecule has 1 aliphatic carbocycles. The van der Waals surface area contributed by atoms with Gasteiger partial charge in [0.05, 0.1) is 18.2 Å². The molecule has 0 aromatic rings. The molecule has 1 amide bonds. The first-order chi connectivity index (χ1) is 9.45.